The Balaban J connectivity index is 2.29. The van der Waals surface area contributed by atoms with E-state index in [1.165, 1.54) is 10.4 Å². The van der Waals surface area contributed by atoms with Gasteiger partial charge in [0.25, 0.3) is 0 Å². The summed E-state index contributed by atoms with van der Waals surface area (Å²) >= 11 is 1.72. The number of rotatable bonds is 1. The molecule has 0 unspecified atom stereocenters. The number of nitrogens with zero attached hydrogens (tertiary/aromatic N) is 2. The van der Waals surface area contributed by atoms with Gasteiger partial charge in [0.2, 0.25) is 0 Å². The molecular weight excluding hydrogens is 204 g/mol. The van der Waals surface area contributed by atoms with E-state index in [1.807, 2.05) is 6.20 Å². The van der Waals surface area contributed by atoms with Crippen LogP contribution in [-0.4, -0.2) is 9.38 Å². The van der Waals surface area contributed by atoms with Gasteiger partial charge in [-0.15, -0.1) is 11.3 Å². The van der Waals surface area contributed by atoms with Gasteiger partial charge < -0.3 is 0 Å². The summed E-state index contributed by atoms with van der Waals surface area (Å²) in [6, 6.07) is 8.39. The Labute approximate surface area is 91.8 Å². The molecule has 0 saturated carbocycles. The van der Waals surface area contributed by atoms with Crippen LogP contribution in [0, 0.1) is 6.92 Å². The van der Waals surface area contributed by atoms with Crippen molar-refractivity contribution in [3.05, 3.63) is 47.6 Å². The Morgan fingerprint density at radius 2 is 2.27 bits per heavy atom. The summed E-state index contributed by atoms with van der Waals surface area (Å²) in [5, 5.41) is 2.07. The molecule has 0 amide bonds. The van der Waals surface area contributed by atoms with Crippen molar-refractivity contribution < 1.29 is 0 Å². The fourth-order valence-electron chi connectivity index (χ4n) is 1.70. The lowest BCUT2D eigenvalue weighted by atomic mass is 10.3. The zero-order valence-electron chi connectivity index (χ0n) is 8.34. The third-order valence-corrected chi connectivity index (χ3v) is 3.29. The van der Waals surface area contributed by atoms with Crippen LogP contribution < -0.4 is 0 Å². The van der Waals surface area contributed by atoms with Crippen LogP contribution in [0.1, 0.15) is 5.56 Å². The summed E-state index contributed by atoms with van der Waals surface area (Å²) in [7, 11) is 0. The largest absolute Gasteiger partial charge is 0.299 e. The summed E-state index contributed by atoms with van der Waals surface area (Å²) in [6.45, 7) is 2.10. The second-order valence-electron chi connectivity index (χ2n) is 3.56. The van der Waals surface area contributed by atoms with Gasteiger partial charge in [0.05, 0.1) is 16.6 Å². The van der Waals surface area contributed by atoms with Gasteiger partial charge >= 0.3 is 0 Å². The predicted octanol–water partition coefficient (Wildman–Crippen LogP) is 3.37. The normalized spacial score (nSPS) is 11.0. The highest BCUT2D eigenvalue weighted by molar-refractivity contribution is 7.13. The average Bonchev–Trinajstić information content (AvgIpc) is 2.82. The van der Waals surface area contributed by atoms with Crippen LogP contribution in [0.15, 0.2) is 42.0 Å². The van der Waals surface area contributed by atoms with Crippen molar-refractivity contribution in [1.82, 2.24) is 9.38 Å². The Kier molecular flexibility index (Phi) is 1.86. The van der Waals surface area contributed by atoms with E-state index in [9.17, 15) is 0 Å². The summed E-state index contributed by atoms with van der Waals surface area (Å²) < 4.78 is 2.12. The zero-order chi connectivity index (χ0) is 10.3. The van der Waals surface area contributed by atoms with Crippen molar-refractivity contribution in [3.63, 3.8) is 0 Å². The molecule has 74 valence electrons. The number of hydrogen-bond donors (Lipinski definition) is 0. The molecule has 0 radical (unpaired) electrons. The van der Waals surface area contributed by atoms with Gasteiger partial charge in [-0.2, -0.15) is 0 Å². The molecule has 0 atom stereocenters. The second-order valence-corrected chi connectivity index (χ2v) is 4.51. The molecule has 0 spiro atoms. The van der Waals surface area contributed by atoms with Gasteiger partial charge in [-0.1, -0.05) is 6.07 Å². The van der Waals surface area contributed by atoms with Crippen LogP contribution in [0.25, 0.3) is 16.2 Å². The molecule has 0 aromatic carbocycles. The molecular formula is C12H10N2S. The molecule has 0 bridgehead atoms. The maximum atomic E-state index is 4.45. The number of hydrogen-bond acceptors (Lipinski definition) is 2. The van der Waals surface area contributed by atoms with Gasteiger partial charge in [-0.05, 0) is 36.1 Å². The predicted molar refractivity (Wildman–Crippen MR) is 63.2 cm³/mol. The molecule has 3 heterocycles. The molecule has 0 aliphatic carbocycles. The topological polar surface area (TPSA) is 17.3 Å². The lowest BCUT2D eigenvalue weighted by Gasteiger charge is -1.99. The van der Waals surface area contributed by atoms with E-state index in [-0.39, 0.29) is 0 Å². The van der Waals surface area contributed by atoms with E-state index in [0.717, 1.165) is 11.3 Å². The fraction of sp³-hybridized carbons (Fsp3) is 0.0833. The standard InChI is InChI=1S/C12H10N2S/c1-9-4-5-14-10(7-9)8-13-12(14)11-3-2-6-15-11/h2-8H,1H3. The van der Waals surface area contributed by atoms with Gasteiger partial charge in [0, 0.05) is 6.20 Å². The van der Waals surface area contributed by atoms with Crippen molar-refractivity contribution in [2.24, 2.45) is 0 Å². The molecule has 0 aliphatic rings. The SMILES string of the molecule is Cc1ccn2c(-c3cccs3)ncc2c1. The van der Waals surface area contributed by atoms with Crippen molar-refractivity contribution in [2.75, 3.05) is 0 Å². The highest BCUT2D eigenvalue weighted by atomic mass is 32.1. The number of pyridine rings is 1. The molecule has 0 aliphatic heterocycles. The Morgan fingerprint density at radius 1 is 1.33 bits per heavy atom. The number of aromatic nitrogens is 2. The highest BCUT2D eigenvalue weighted by Gasteiger charge is 2.06. The van der Waals surface area contributed by atoms with Gasteiger partial charge in [-0.3, -0.25) is 4.40 Å². The summed E-state index contributed by atoms with van der Waals surface area (Å²) in [4.78, 5) is 5.66. The lowest BCUT2D eigenvalue weighted by molar-refractivity contribution is 1.16. The van der Waals surface area contributed by atoms with Crippen LogP contribution >= 0.6 is 11.3 Å². The van der Waals surface area contributed by atoms with E-state index >= 15 is 0 Å². The minimum absolute atomic E-state index is 1.03. The van der Waals surface area contributed by atoms with Crippen molar-refractivity contribution in [2.45, 2.75) is 6.92 Å². The minimum Gasteiger partial charge on any atom is -0.299 e. The number of aryl methyl sites for hydroxylation is 1. The maximum absolute atomic E-state index is 4.45. The van der Waals surface area contributed by atoms with Gasteiger partial charge in [0.15, 0.2) is 5.82 Å². The molecule has 0 saturated heterocycles. The molecule has 2 nitrogen and oxygen atoms in total. The third-order valence-electron chi connectivity index (χ3n) is 2.43. The van der Waals surface area contributed by atoms with E-state index in [4.69, 9.17) is 0 Å². The van der Waals surface area contributed by atoms with Crippen LogP contribution in [0.5, 0.6) is 0 Å². The lowest BCUT2D eigenvalue weighted by Crippen LogP contribution is -1.87. The molecule has 3 heteroatoms. The van der Waals surface area contributed by atoms with Gasteiger partial charge in [0.1, 0.15) is 0 Å². The first-order valence-corrected chi connectivity index (χ1v) is 5.70. The zero-order valence-corrected chi connectivity index (χ0v) is 9.16. The average molecular weight is 214 g/mol. The first-order chi connectivity index (χ1) is 7.34. The Morgan fingerprint density at radius 3 is 3.07 bits per heavy atom. The molecule has 0 fully saturated rings. The highest BCUT2D eigenvalue weighted by Crippen LogP contribution is 2.24. The van der Waals surface area contributed by atoms with Crippen molar-refractivity contribution >= 4 is 16.9 Å². The van der Waals surface area contributed by atoms with Crippen molar-refractivity contribution in [3.8, 4) is 10.7 Å². The quantitative estimate of drug-likeness (QED) is 0.607. The summed E-state index contributed by atoms with van der Waals surface area (Å²) in [5.41, 5.74) is 2.42. The van der Waals surface area contributed by atoms with Crippen LogP contribution in [0.2, 0.25) is 0 Å². The monoisotopic (exact) mass is 214 g/mol. The Hall–Kier alpha value is -1.61. The van der Waals surface area contributed by atoms with E-state index in [1.54, 1.807) is 11.3 Å². The molecule has 0 N–H and O–H groups in total. The van der Waals surface area contributed by atoms with E-state index < -0.39 is 0 Å². The minimum atomic E-state index is 1.03. The van der Waals surface area contributed by atoms with E-state index in [0.29, 0.717) is 0 Å². The number of fused-ring (bicyclic) bond motifs is 1. The molecule has 3 aromatic heterocycles. The van der Waals surface area contributed by atoms with Crippen LogP contribution in [0.3, 0.4) is 0 Å². The van der Waals surface area contributed by atoms with Gasteiger partial charge in [-0.25, -0.2) is 4.98 Å². The first-order valence-electron chi connectivity index (χ1n) is 4.82. The van der Waals surface area contributed by atoms with Crippen molar-refractivity contribution in [1.29, 1.82) is 0 Å². The smallest absolute Gasteiger partial charge is 0.154 e. The molecule has 15 heavy (non-hydrogen) atoms. The van der Waals surface area contributed by atoms with Crippen LogP contribution in [-0.2, 0) is 0 Å². The van der Waals surface area contributed by atoms with E-state index in [2.05, 4.69) is 52.2 Å². The Bertz CT molecular complexity index is 593. The molecule has 3 rings (SSSR count). The summed E-state index contributed by atoms with van der Waals surface area (Å²) in [6.07, 6.45) is 3.99. The maximum Gasteiger partial charge on any atom is 0.154 e. The second kappa shape index (κ2) is 3.21. The fourth-order valence-corrected chi connectivity index (χ4v) is 2.42. The number of thiophene rings is 1. The number of imidazole rings is 1. The third kappa shape index (κ3) is 1.36. The first kappa shape index (κ1) is 8.68. The summed E-state index contributed by atoms with van der Waals surface area (Å²) in [5.74, 6) is 1.03. The molecule has 3 aromatic rings. The van der Waals surface area contributed by atoms with Crippen LogP contribution in [0.4, 0.5) is 0 Å².